The van der Waals surface area contributed by atoms with Crippen LogP contribution in [-0.4, -0.2) is 69.5 Å². The number of benzene rings is 1. The van der Waals surface area contributed by atoms with Crippen molar-refractivity contribution in [3.63, 3.8) is 0 Å². The Kier molecular flexibility index (Phi) is 7.76. The second kappa shape index (κ2) is 10.1. The molecule has 1 aromatic rings. The highest BCUT2D eigenvalue weighted by Gasteiger charge is 2.37. The van der Waals surface area contributed by atoms with E-state index in [-0.39, 0.29) is 12.2 Å². The molecule has 0 aromatic heterocycles. The van der Waals surface area contributed by atoms with Crippen LogP contribution in [0.5, 0.6) is 5.75 Å². The van der Waals surface area contributed by atoms with E-state index < -0.39 is 47.9 Å². The zero-order valence-corrected chi connectivity index (χ0v) is 17.0. The van der Waals surface area contributed by atoms with E-state index in [1.54, 1.807) is 12.1 Å². The third-order valence-electron chi connectivity index (χ3n) is 4.97. The van der Waals surface area contributed by atoms with E-state index in [1.165, 1.54) is 30.9 Å². The number of rotatable bonds is 8. The summed E-state index contributed by atoms with van der Waals surface area (Å²) >= 11 is 0. The SMILES string of the molecule is CC(N)C(=O)NC(C)C(=O)N1CCCC1C(=O)NC(Cc1ccc(O)cc1)C(=O)O. The van der Waals surface area contributed by atoms with Crippen LogP contribution in [0.15, 0.2) is 24.3 Å². The number of likely N-dealkylation sites (tertiary alicyclic amines) is 1. The Hall–Kier alpha value is -3.14. The van der Waals surface area contributed by atoms with Gasteiger partial charge in [0.1, 0.15) is 23.9 Å². The van der Waals surface area contributed by atoms with E-state index in [4.69, 9.17) is 5.73 Å². The predicted molar refractivity (Wildman–Crippen MR) is 107 cm³/mol. The number of aromatic hydroxyl groups is 1. The Morgan fingerprint density at radius 3 is 2.37 bits per heavy atom. The van der Waals surface area contributed by atoms with Gasteiger partial charge in [-0.15, -0.1) is 0 Å². The molecule has 3 amide bonds. The Labute approximate surface area is 174 Å². The first-order chi connectivity index (χ1) is 14.1. The van der Waals surface area contributed by atoms with Crippen molar-refractivity contribution < 1.29 is 29.4 Å². The molecule has 164 valence electrons. The Balaban J connectivity index is 2.04. The fraction of sp³-hybridized carbons (Fsp3) is 0.500. The number of phenolic OH excluding ortho intramolecular Hbond substituents is 1. The first-order valence-corrected chi connectivity index (χ1v) is 9.77. The van der Waals surface area contributed by atoms with Gasteiger partial charge in [0.25, 0.3) is 0 Å². The molecule has 0 radical (unpaired) electrons. The molecule has 4 unspecified atom stereocenters. The highest BCUT2D eigenvalue weighted by atomic mass is 16.4. The highest BCUT2D eigenvalue weighted by Crippen LogP contribution is 2.19. The van der Waals surface area contributed by atoms with Gasteiger partial charge in [-0.05, 0) is 44.4 Å². The Morgan fingerprint density at radius 1 is 1.17 bits per heavy atom. The van der Waals surface area contributed by atoms with Gasteiger partial charge in [-0.2, -0.15) is 0 Å². The van der Waals surface area contributed by atoms with E-state index >= 15 is 0 Å². The van der Waals surface area contributed by atoms with Gasteiger partial charge >= 0.3 is 5.97 Å². The molecule has 2 rings (SSSR count). The molecule has 0 saturated carbocycles. The number of hydrogen-bond donors (Lipinski definition) is 5. The zero-order valence-electron chi connectivity index (χ0n) is 17.0. The van der Waals surface area contributed by atoms with Crippen LogP contribution in [0.3, 0.4) is 0 Å². The molecule has 0 aliphatic carbocycles. The third-order valence-corrected chi connectivity index (χ3v) is 4.97. The first kappa shape index (κ1) is 23.1. The largest absolute Gasteiger partial charge is 0.508 e. The van der Waals surface area contributed by atoms with Gasteiger partial charge in [0.05, 0.1) is 6.04 Å². The highest BCUT2D eigenvalue weighted by molar-refractivity contribution is 5.94. The number of nitrogens with two attached hydrogens (primary N) is 1. The minimum atomic E-state index is -1.20. The summed E-state index contributed by atoms with van der Waals surface area (Å²) < 4.78 is 0. The molecule has 0 bridgehead atoms. The standard InChI is InChI=1S/C20H28N4O6/c1-11(21)17(26)22-12(2)19(28)24-9-3-4-16(24)18(27)23-15(20(29)30)10-13-5-7-14(25)8-6-13/h5-8,11-12,15-16,25H,3-4,9-10,21H2,1-2H3,(H,22,26)(H,23,27)(H,29,30). The summed E-state index contributed by atoms with van der Waals surface area (Å²) in [6.45, 7) is 3.35. The van der Waals surface area contributed by atoms with Gasteiger partial charge in [0.2, 0.25) is 17.7 Å². The van der Waals surface area contributed by atoms with E-state index in [9.17, 15) is 29.4 Å². The van der Waals surface area contributed by atoms with Gasteiger partial charge in [-0.3, -0.25) is 14.4 Å². The minimum absolute atomic E-state index is 0.0306. The van der Waals surface area contributed by atoms with Crippen molar-refractivity contribution >= 4 is 23.7 Å². The summed E-state index contributed by atoms with van der Waals surface area (Å²) in [6, 6.07) is 2.40. The minimum Gasteiger partial charge on any atom is -0.508 e. The molecule has 4 atom stereocenters. The molecule has 10 nitrogen and oxygen atoms in total. The Bertz CT molecular complexity index is 795. The summed E-state index contributed by atoms with van der Waals surface area (Å²) in [5.41, 5.74) is 6.13. The van der Waals surface area contributed by atoms with Gasteiger partial charge < -0.3 is 31.5 Å². The van der Waals surface area contributed by atoms with Crippen LogP contribution in [0.2, 0.25) is 0 Å². The van der Waals surface area contributed by atoms with Gasteiger partial charge in [-0.25, -0.2) is 4.79 Å². The lowest BCUT2D eigenvalue weighted by Crippen LogP contribution is -2.56. The van der Waals surface area contributed by atoms with E-state index in [1.807, 2.05) is 0 Å². The summed E-state index contributed by atoms with van der Waals surface area (Å²) in [6.07, 6.45) is 1.02. The normalized spacial score (nSPS) is 18.9. The lowest BCUT2D eigenvalue weighted by molar-refractivity contribution is -0.144. The number of amides is 3. The summed E-state index contributed by atoms with van der Waals surface area (Å²) in [5, 5.41) is 23.8. The average molecular weight is 420 g/mol. The number of aliphatic carboxylic acids is 1. The number of carboxylic acids is 1. The molecule has 1 fully saturated rings. The maximum Gasteiger partial charge on any atom is 0.326 e. The van der Waals surface area contributed by atoms with Crippen molar-refractivity contribution in [1.82, 2.24) is 15.5 Å². The number of carboxylic acid groups (broad SMARTS) is 1. The van der Waals surface area contributed by atoms with Crippen LogP contribution in [0.1, 0.15) is 32.3 Å². The molecule has 1 aliphatic heterocycles. The number of nitrogens with zero attached hydrogens (tertiary/aromatic N) is 1. The van der Waals surface area contributed by atoms with Crippen LogP contribution in [-0.2, 0) is 25.6 Å². The van der Waals surface area contributed by atoms with Crippen LogP contribution in [0.4, 0.5) is 0 Å². The van der Waals surface area contributed by atoms with E-state index in [0.29, 0.717) is 24.9 Å². The first-order valence-electron chi connectivity index (χ1n) is 9.77. The number of carbonyl (C=O) groups excluding carboxylic acids is 3. The predicted octanol–water partition coefficient (Wildman–Crippen LogP) is -0.653. The molecule has 1 heterocycles. The van der Waals surface area contributed by atoms with Crippen molar-refractivity contribution in [3.8, 4) is 5.75 Å². The van der Waals surface area contributed by atoms with Gasteiger partial charge in [0.15, 0.2) is 0 Å². The maximum absolute atomic E-state index is 12.8. The van der Waals surface area contributed by atoms with Crippen molar-refractivity contribution in [1.29, 1.82) is 0 Å². The Morgan fingerprint density at radius 2 is 1.80 bits per heavy atom. The molecule has 1 aromatic carbocycles. The third kappa shape index (κ3) is 5.93. The van der Waals surface area contributed by atoms with Gasteiger partial charge in [0, 0.05) is 13.0 Å². The molecular weight excluding hydrogens is 392 g/mol. The fourth-order valence-electron chi connectivity index (χ4n) is 3.29. The topological polar surface area (TPSA) is 162 Å². The smallest absolute Gasteiger partial charge is 0.326 e. The van der Waals surface area contributed by atoms with Crippen molar-refractivity contribution in [2.45, 2.75) is 57.3 Å². The van der Waals surface area contributed by atoms with Crippen LogP contribution >= 0.6 is 0 Å². The lowest BCUT2D eigenvalue weighted by atomic mass is 10.0. The number of hydrogen-bond acceptors (Lipinski definition) is 6. The molecule has 6 N–H and O–H groups in total. The average Bonchev–Trinajstić information content (AvgIpc) is 3.18. The molecule has 0 spiro atoms. The second-order valence-corrected chi connectivity index (χ2v) is 7.48. The lowest BCUT2D eigenvalue weighted by Gasteiger charge is -2.28. The quantitative estimate of drug-likeness (QED) is 0.373. The monoisotopic (exact) mass is 420 g/mol. The molecule has 1 saturated heterocycles. The van der Waals surface area contributed by atoms with Crippen molar-refractivity contribution in [3.05, 3.63) is 29.8 Å². The molecule has 10 heteroatoms. The maximum atomic E-state index is 12.8. The second-order valence-electron chi connectivity index (χ2n) is 7.48. The van der Waals surface area contributed by atoms with Gasteiger partial charge in [-0.1, -0.05) is 12.1 Å². The number of nitrogens with one attached hydrogen (secondary N) is 2. The molecule has 30 heavy (non-hydrogen) atoms. The van der Waals surface area contributed by atoms with E-state index in [0.717, 1.165) is 0 Å². The summed E-state index contributed by atoms with van der Waals surface area (Å²) in [5.74, 6) is -2.61. The van der Waals surface area contributed by atoms with Crippen LogP contribution in [0.25, 0.3) is 0 Å². The summed E-state index contributed by atoms with van der Waals surface area (Å²) in [7, 11) is 0. The summed E-state index contributed by atoms with van der Waals surface area (Å²) in [4.78, 5) is 50.2. The fourth-order valence-corrected chi connectivity index (χ4v) is 3.29. The van der Waals surface area contributed by atoms with Crippen molar-refractivity contribution in [2.75, 3.05) is 6.54 Å². The molecule has 1 aliphatic rings. The number of carbonyl (C=O) groups is 4. The van der Waals surface area contributed by atoms with E-state index in [2.05, 4.69) is 10.6 Å². The van der Waals surface area contributed by atoms with Crippen molar-refractivity contribution in [2.24, 2.45) is 5.73 Å². The molecular formula is C20H28N4O6. The number of phenols is 1. The van der Waals surface area contributed by atoms with Crippen LogP contribution in [0, 0.1) is 0 Å². The zero-order chi connectivity index (χ0) is 22.4. The van der Waals surface area contributed by atoms with Crippen LogP contribution < -0.4 is 16.4 Å².